The molecule has 4 N–H and O–H groups in total. The Bertz CT molecular complexity index is 458. The molecule has 18 heavy (non-hydrogen) atoms. The molecule has 5 nitrogen and oxygen atoms in total. The van der Waals surface area contributed by atoms with Crippen LogP contribution in [0.3, 0.4) is 0 Å². The molecule has 0 aliphatic rings. The van der Waals surface area contributed by atoms with E-state index in [1.54, 1.807) is 19.1 Å². The quantitative estimate of drug-likeness (QED) is 0.755. The van der Waals surface area contributed by atoms with Crippen molar-refractivity contribution in [2.45, 2.75) is 20.8 Å². The van der Waals surface area contributed by atoms with Crippen LogP contribution in [0.4, 0.5) is 11.4 Å². The van der Waals surface area contributed by atoms with E-state index in [0.29, 0.717) is 17.9 Å². The van der Waals surface area contributed by atoms with Crippen LogP contribution in [0.1, 0.15) is 19.4 Å². The van der Waals surface area contributed by atoms with Crippen molar-refractivity contribution in [1.82, 2.24) is 0 Å². The predicted molar refractivity (Wildman–Crippen MR) is 72.3 cm³/mol. The van der Waals surface area contributed by atoms with E-state index in [1.807, 2.05) is 13.0 Å². The number of carbonyl (C=O) groups is 2. The van der Waals surface area contributed by atoms with Crippen LogP contribution in [0, 0.1) is 12.8 Å². The molecule has 1 aromatic carbocycles. The zero-order valence-electron chi connectivity index (χ0n) is 10.9. The summed E-state index contributed by atoms with van der Waals surface area (Å²) >= 11 is 0. The Morgan fingerprint density at radius 1 is 1.33 bits per heavy atom. The topological polar surface area (TPSA) is 84.2 Å². The molecule has 0 aromatic heterocycles. The minimum atomic E-state index is -0.240. The SMILES string of the molecule is CC(=O)Nc1cc(NC(=O)C(C)CN)ccc1C. The molecule has 0 aliphatic carbocycles. The van der Waals surface area contributed by atoms with Crippen LogP contribution >= 0.6 is 0 Å². The van der Waals surface area contributed by atoms with E-state index in [0.717, 1.165) is 5.56 Å². The molecular weight excluding hydrogens is 230 g/mol. The summed E-state index contributed by atoms with van der Waals surface area (Å²) in [6.07, 6.45) is 0. The third-order valence-electron chi connectivity index (χ3n) is 2.62. The van der Waals surface area contributed by atoms with Gasteiger partial charge >= 0.3 is 0 Å². The number of carbonyl (C=O) groups excluding carboxylic acids is 2. The number of hydrogen-bond acceptors (Lipinski definition) is 3. The number of benzene rings is 1. The Balaban J connectivity index is 2.85. The van der Waals surface area contributed by atoms with E-state index in [1.165, 1.54) is 6.92 Å². The van der Waals surface area contributed by atoms with Gasteiger partial charge in [-0.05, 0) is 24.6 Å². The Morgan fingerprint density at radius 2 is 2.00 bits per heavy atom. The monoisotopic (exact) mass is 249 g/mol. The number of anilines is 2. The third kappa shape index (κ3) is 3.85. The Hall–Kier alpha value is -1.88. The Kier molecular flexibility index (Phi) is 4.85. The summed E-state index contributed by atoms with van der Waals surface area (Å²) in [6.45, 7) is 5.40. The van der Waals surface area contributed by atoms with Crippen LogP contribution in [0.15, 0.2) is 18.2 Å². The van der Waals surface area contributed by atoms with Crippen LogP contribution < -0.4 is 16.4 Å². The van der Waals surface area contributed by atoms with Crippen molar-refractivity contribution in [3.05, 3.63) is 23.8 Å². The van der Waals surface area contributed by atoms with Crippen LogP contribution in [-0.2, 0) is 9.59 Å². The second-order valence-electron chi connectivity index (χ2n) is 4.34. The van der Waals surface area contributed by atoms with E-state index in [9.17, 15) is 9.59 Å². The zero-order valence-corrected chi connectivity index (χ0v) is 10.9. The summed E-state index contributed by atoms with van der Waals surface area (Å²) in [5, 5.41) is 5.48. The fourth-order valence-electron chi connectivity index (χ4n) is 1.40. The fraction of sp³-hybridized carbons (Fsp3) is 0.385. The minimum absolute atomic E-state index is 0.130. The molecule has 0 fully saturated rings. The second-order valence-corrected chi connectivity index (χ2v) is 4.34. The molecule has 1 atom stereocenters. The molecule has 0 spiro atoms. The van der Waals surface area contributed by atoms with Crippen molar-refractivity contribution in [3.8, 4) is 0 Å². The minimum Gasteiger partial charge on any atom is -0.330 e. The Labute approximate surface area is 107 Å². The van der Waals surface area contributed by atoms with Crippen LogP contribution in [-0.4, -0.2) is 18.4 Å². The van der Waals surface area contributed by atoms with E-state index in [2.05, 4.69) is 10.6 Å². The smallest absolute Gasteiger partial charge is 0.228 e. The molecule has 0 heterocycles. The highest BCUT2D eigenvalue weighted by Crippen LogP contribution is 2.20. The lowest BCUT2D eigenvalue weighted by molar-refractivity contribution is -0.119. The van der Waals surface area contributed by atoms with Gasteiger partial charge in [0.15, 0.2) is 0 Å². The molecule has 1 unspecified atom stereocenters. The number of aryl methyl sites for hydroxylation is 1. The normalized spacial score (nSPS) is 11.8. The largest absolute Gasteiger partial charge is 0.330 e. The molecule has 0 saturated carbocycles. The molecule has 0 bridgehead atoms. The lowest BCUT2D eigenvalue weighted by Crippen LogP contribution is -2.26. The highest BCUT2D eigenvalue weighted by atomic mass is 16.2. The summed E-state index contributed by atoms with van der Waals surface area (Å²) < 4.78 is 0. The summed E-state index contributed by atoms with van der Waals surface area (Å²) in [5.41, 5.74) is 7.71. The summed E-state index contributed by atoms with van der Waals surface area (Å²) in [6, 6.07) is 5.37. The first kappa shape index (κ1) is 14.2. The third-order valence-corrected chi connectivity index (χ3v) is 2.62. The first-order chi connectivity index (χ1) is 8.43. The van der Waals surface area contributed by atoms with Gasteiger partial charge in [-0.15, -0.1) is 0 Å². The number of hydrogen-bond donors (Lipinski definition) is 3. The van der Waals surface area contributed by atoms with E-state index < -0.39 is 0 Å². The first-order valence-electron chi connectivity index (χ1n) is 5.83. The number of nitrogens with two attached hydrogens (primary N) is 1. The average molecular weight is 249 g/mol. The lowest BCUT2D eigenvalue weighted by atomic mass is 10.1. The Morgan fingerprint density at radius 3 is 2.56 bits per heavy atom. The van der Waals surface area contributed by atoms with Crippen LogP contribution in [0.5, 0.6) is 0 Å². The lowest BCUT2D eigenvalue weighted by Gasteiger charge is -2.12. The van der Waals surface area contributed by atoms with Gasteiger partial charge in [-0.25, -0.2) is 0 Å². The zero-order chi connectivity index (χ0) is 13.7. The number of nitrogens with one attached hydrogen (secondary N) is 2. The molecule has 1 rings (SSSR count). The molecule has 0 saturated heterocycles. The maximum absolute atomic E-state index is 11.7. The summed E-state index contributed by atoms with van der Waals surface area (Å²) in [4.78, 5) is 22.7. The molecule has 0 radical (unpaired) electrons. The maximum atomic E-state index is 11.7. The summed E-state index contributed by atoms with van der Waals surface area (Å²) in [5.74, 6) is -0.512. The predicted octanol–water partition coefficient (Wildman–Crippen LogP) is 1.49. The van der Waals surface area contributed by atoms with Crippen molar-refractivity contribution < 1.29 is 9.59 Å². The second kappa shape index (κ2) is 6.16. The van der Waals surface area contributed by atoms with Crippen molar-refractivity contribution >= 4 is 23.2 Å². The van der Waals surface area contributed by atoms with Gasteiger partial charge in [0.05, 0.1) is 0 Å². The van der Waals surface area contributed by atoms with Gasteiger partial charge in [-0.1, -0.05) is 13.0 Å². The highest BCUT2D eigenvalue weighted by Gasteiger charge is 2.11. The van der Waals surface area contributed by atoms with Crippen molar-refractivity contribution in [2.24, 2.45) is 11.7 Å². The number of rotatable bonds is 4. The first-order valence-corrected chi connectivity index (χ1v) is 5.83. The summed E-state index contributed by atoms with van der Waals surface area (Å²) in [7, 11) is 0. The van der Waals surface area contributed by atoms with Gasteiger partial charge in [0.2, 0.25) is 11.8 Å². The van der Waals surface area contributed by atoms with Gasteiger partial charge in [-0.2, -0.15) is 0 Å². The van der Waals surface area contributed by atoms with E-state index >= 15 is 0 Å². The van der Waals surface area contributed by atoms with Gasteiger partial charge in [-0.3, -0.25) is 9.59 Å². The standard InChI is InChI=1S/C13H19N3O2/c1-8-4-5-11(6-12(8)15-10(3)17)16-13(18)9(2)7-14/h4-6,9H,7,14H2,1-3H3,(H,15,17)(H,16,18). The van der Waals surface area contributed by atoms with Crippen LogP contribution in [0.25, 0.3) is 0 Å². The molecule has 98 valence electrons. The highest BCUT2D eigenvalue weighted by molar-refractivity contribution is 5.94. The molecule has 0 aliphatic heterocycles. The van der Waals surface area contributed by atoms with E-state index in [-0.39, 0.29) is 17.7 Å². The molecule has 5 heteroatoms. The van der Waals surface area contributed by atoms with Gasteiger partial charge in [0.1, 0.15) is 0 Å². The molecular formula is C13H19N3O2. The maximum Gasteiger partial charge on any atom is 0.228 e. The number of amides is 2. The van der Waals surface area contributed by atoms with Crippen molar-refractivity contribution in [3.63, 3.8) is 0 Å². The average Bonchev–Trinajstić information content (AvgIpc) is 2.31. The van der Waals surface area contributed by atoms with E-state index in [4.69, 9.17) is 5.73 Å². The van der Waals surface area contributed by atoms with Crippen molar-refractivity contribution in [1.29, 1.82) is 0 Å². The van der Waals surface area contributed by atoms with Gasteiger partial charge in [0.25, 0.3) is 0 Å². The molecule has 2 amide bonds. The van der Waals surface area contributed by atoms with Crippen molar-refractivity contribution in [2.75, 3.05) is 17.2 Å². The fourth-order valence-corrected chi connectivity index (χ4v) is 1.40. The van der Waals surface area contributed by atoms with Gasteiger partial charge in [0, 0.05) is 30.8 Å². The molecule has 1 aromatic rings. The van der Waals surface area contributed by atoms with Gasteiger partial charge < -0.3 is 16.4 Å². The van der Waals surface area contributed by atoms with Crippen LogP contribution in [0.2, 0.25) is 0 Å².